The van der Waals surface area contributed by atoms with Gasteiger partial charge in [0.15, 0.2) is 0 Å². The molecule has 0 spiro atoms. The summed E-state index contributed by atoms with van der Waals surface area (Å²) < 4.78 is 0. The average molecular weight is 270 g/mol. The molecule has 2 nitrogen and oxygen atoms in total. The van der Waals surface area contributed by atoms with E-state index in [1.165, 1.54) is 0 Å². The molecule has 0 unspecified atom stereocenters. The summed E-state index contributed by atoms with van der Waals surface area (Å²) in [7, 11) is 0. The van der Waals surface area contributed by atoms with Crippen molar-refractivity contribution in [3.8, 4) is 0 Å². The summed E-state index contributed by atoms with van der Waals surface area (Å²) in [6, 6.07) is 0. The van der Waals surface area contributed by atoms with Crippen LogP contribution in [0, 0.1) is 6.54 Å². The molecule has 0 aromatic carbocycles. The molecule has 2 N–H and O–H groups in total. The zero-order valence-electron chi connectivity index (χ0n) is 3.92. The van der Waals surface area contributed by atoms with E-state index in [4.69, 9.17) is 5.11 Å². The summed E-state index contributed by atoms with van der Waals surface area (Å²) in [5.74, 6) is 0. The van der Waals surface area contributed by atoms with Gasteiger partial charge in [0, 0.05) is 27.2 Å². The standard InChI is InChI=1S/C4H8NO.W/c6-4-1-2-5-3-4;/h2,4-6H,1,3H2;/q-1;/t4-;/m1./s1. The minimum absolute atomic E-state index is 0. The van der Waals surface area contributed by atoms with Crippen LogP contribution in [0.1, 0.15) is 6.42 Å². The third-order valence-electron chi connectivity index (χ3n) is 0.888. The first-order valence-corrected chi connectivity index (χ1v) is 2.13. The Bertz CT molecular complexity index is 45.0. The molecular weight excluding hydrogens is 262 g/mol. The van der Waals surface area contributed by atoms with Crippen LogP contribution in [0.2, 0.25) is 0 Å². The SMILES string of the molecule is O[C@@H]1C[CH-]NC1.[W]. The van der Waals surface area contributed by atoms with E-state index < -0.39 is 0 Å². The first kappa shape index (κ1) is 7.61. The maximum absolute atomic E-state index is 8.64. The van der Waals surface area contributed by atoms with Gasteiger partial charge in [-0.2, -0.15) is 0 Å². The van der Waals surface area contributed by atoms with E-state index in [0.29, 0.717) is 0 Å². The van der Waals surface area contributed by atoms with Gasteiger partial charge in [0.2, 0.25) is 0 Å². The van der Waals surface area contributed by atoms with Gasteiger partial charge in [-0.3, -0.25) is 6.54 Å². The molecule has 1 rings (SSSR count). The molecule has 1 aliphatic rings. The quantitative estimate of drug-likeness (QED) is 0.582. The Morgan fingerprint density at radius 1 is 1.71 bits per heavy atom. The molecule has 7 heavy (non-hydrogen) atoms. The fourth-order valence-corrected chi connectivity index (χ4v) is 0.522. The number of hydrogen-bond acceptors (Lipinski definition) is 2. The number of rotatable bonds is 0. The van der Waals surface area contributed by atoms with Crippen LogP contribution in [-0.2, 0) is 21.1 Å². The molecule has 0 aromatic rings. The van der Waals surface area contributed by atoms with E-state index in [1.807, 2.05) is 6.54 Å². The van der Waals surface area contributed by atoms with Crippen molar-refractivity contribution in [2.45, 2.75) is 12.5 Å². The molecule has 1 aliphatic heterocycles. The van der Waals surface area contributed by atoms with Crippen LogP contribution in [0.4, 0.5) is 0 Å². The van der Waals surface area contributed by atoms with Crippen molar-refractivity contribution in [1.29, 1.82) is 0 Å². The van der Waals surface area contributed by atoms with Crippen molar-refractivity contribution in [1.82, 2.24) is 5.32 Å². The van der Waals surface area contributed by atoms with Crippen LogP contribution in [0.3, 0.4) is 0 Å². The second kappa shape index (κ2) is 3.59. The van der Waals surface area contributed by atoms with Gasteiger partial charge < -0.3 is 10.4 Å². The van der Waals surface area contributed by atoms with Crippen molar-refractivity contribution in [3.63, 3.8) is 0 Å². The van der Waals surface area contributed by atoms with Gasteiger partial charge in [-0.1, -0.05) is 0 Å². The predicted octanol–water partition coefficient (Wildman–Crippen LogP) is -0.500. The van der Waals surface area contributed by atoms with Gasteiger partial charge in [-0.25, -0.2) is 0 Å². The minimum Gasteiger partial charge on any atom is -0.468 e. The largest absolute Gasteiger partial charge is 0.468 e. The van der Waals surface area contributed by atoms with Crippen molar-refractivity contribution in [3.05, 3.63) is 6.54 Å². The monoisotopic (exact) mass is 270 g/mol. The summed E-state index contributed by atoms with van der Waals surface area (Å²) >= 11 is 0. The van der Waals surface area contributed by atoms with Gasteiger partial charge in [-0.05, 0) is 6.54 Å². The molecule has 1 fully saturated rings. The van der Waals surface area contributed by atoms with Gasteiger partial charge >= 0.3 is 0 Å². The Morgan fingerprint density at radius 2 is 2.43 bits per heavy atom. The Hall–Kier alpha value is 0.608. The van der Waals surface area contributed by atoms with Crippen LogP contribution >= 0.6 is 0 Å². The number of β-amino-alcohol motifs (C(OH)–C–C–N with tert-alkyl or cyclic N) is 1. The maximum Gasteiger partial charge on any atom is 0.0383 e. The van der Waals surface area contributed by atoms with Crippen LogP contribution in [0.15, 0.2) is 0 Å². The topological polar surface area (TPSA) is 32.3 Å². The summed E-state index contributed by atoms with van der Waals surface area (Å²) in [6.07, 6.45) is 0.685. The Labute approximate surface area is 57.6 Å². The molecule has 3 heteroatoms. The molecular formula is C4H8NOW-. The number of aliphatic hydroxyl groups excluding tert-OH is 1. The molecule has 0 amide bonds. The zero-order chi connectivity index (χ0) is 4.41. The van der Waals surface area contributed by atoms with E-state index in [2.05, 4.69) is 5.32 Å². The number of hydrogen-bond donors (Lipinski definition) is 2. The molecule has 0 saturated carbocycles. The van der Waals surface area contributed by atoms with E-state index in [0.717, 1.165) is 13.0 Å². The smallest absolute Gasteiger partial charge is 0.0383 e. The van der Waals surface area contributed by atoms with E-state index >= 15 is 0 Å². The molecule has 0 bridgehead atoms. The van der Waals surface area contributed by atoms with Crippen LogP contribution in [-0.4, -0.2) is 17.8 Å². The predicted molar refractivity (Wildman–Crippen MR) is 22.9 cm³/mol. The minimum atomic E-state index is -0.120. The maximum atomic E-state index is 8.64. The third-order valence-corrected chi connectivity index (χ3v) is 0.888. The number of aliphatic hydroxyl groups is 1. The molecule has 1 heterocycles. The van der Waals surface area contributed by atoms with Gasteiger partial charge in [-0.15, -0.1) is 6.42 Å². The summed E-state index contributed by atoms with van der Waals surface area (Å²) in [4.78, 5) is 0. The van der Waals surface area contributed by atoms with E-state index in [1.54, 1.807) is 0 Å². The zero-order valence-corrected chi connectivity index (χ0v) is 6.86. The fraction of sp³-hybridized carbons (Fsp3) is 0.750. The first-order valence-electron chi connectivity index (χ1n) is 2.13. The van der Waals surface area contributed by atoms with Gasteiger partial charge in [0.25, 0.3) is 0 Å². The van der Waals surface area contributed by atoms with E-state index in [-0.39, 0.29) is 27.2 Å². The molecule has 0 aliphatic carbocycles. The average Bonchev–Trinajstić information content (AvgIpc) is 1.86. The Morgan fingerprint density at radius 3 is 2.57 bits per heavy atom. The summed E-state index contributed by atoms with van der Waals surface area (Å²) in [6.45, 7) is 2.62. The fourth-order valence-electron chi connectivity index (χ4n) is 0.522. The summed E-state index contributed by atoms with van der Waals surface area (Å²) in [5, 5.41) is 11.5. The molecule has 1 atom stereocenters. The van der Waals surface area contributed by atoms with Gasteiger partial charge in [0.1, 0.15) is 0 Å². The first-order chi connectivity index (χ1) is 2.89. The number of nitrogens with one attached hydrogen (secondary N) is 1. The molecule has 1 saturated heterocycles. The molecule has 42 valence electrons. The van der Waals surface area contributed by atoms with Crippen molar-refractivity contribution >= 4 is 0 Å². The third kappa shape index (κ3) is 2.42. The second-order valence-electron chi connectivity index (χ2n) is 1.50. The Balaban J connectivity index is 0.000000360. The van der Waals surface area contributed by atoms with Crippen molar-refractivity contribution in [2.24, 2.45) is 0 Å². The second-order valence-corrected chi connectivity index (χ2v) is 1.50. The summed E-state index contributed by atoms with van der Waals surface area (Å²) in [5.41, 5.74) is 0. The molecule has 0 radical (unpaired) electrons. The van der Waals surface area contributed by atoms with Crippen LogP contribution in [0.5, 0.6) is 0 Å². The van der Waals surface area contributed by atoms with Crippen molar-refractivity contribution in [2.75, 3.05) is 6.54 Å². The van der Waals surface area contributed by atoms with E-state index in [9.17, 15) is 0 Å². The van der Waals surface area contributed by atoms with Crippen molar-refractivity contribution < 1.29 is 26.2 Å². The van der Waals surface area contributed by atoms with Crippen LogP contribution in [0.25, 0.3) is 0 Å². The Kier molecular flexibility index (Phi) is 3.90. The molecule has 0 aromatic heterocycles. The van der Waals surface area contributed by atoms with Gasteiger partial charge in [0.05, 0.1) is 0 Å². The van der Waals surface area contributed by atoms with Crippen LogP contribution < -0.4 is 5.32 Å². The normalized spacial score (nSPS) is 29.6.